The summed E-state index contributed by atoms with van der Waals surface area (Å²) in [5, 5.41) is 10.4. The fraction of sp³-hybridized carbons (Fsp3) is 0.667. The largest absolute Gasteiger partial charge is 0.388 e. The summed E-state index contributed by atoms with van der Waals surface area (Å²) in [6, 6.07) is 1.83. The summed E-state index contributed by atoms with van der Waals surface area (Å²) in [6.07, 6.45) is 3.02. The number of aliphatic hydroxyl groups is 1. The lowest BCUT2D eigenvalue weighted by atomic mass is 9.94. The standard InChI is InChI=1S/C12H20N4O2/c1-16(8-10-2-5-14-11(13)15-10)9-12(17)3-6-18-7-4-12/h2,5,17H,3-4,6-9H2,1H3,(H2,13,14,15). The summed E-state index contributed by atoms with van der Waals surface area (Å²) in [5.74, 6) is 0.283. The van der Waals surface area contributed by atoms with Crippen molar-refractivity contribution < 1.29 is 9.84 Å². The molecular formula is C12H20N4O2. The summed E-state index contributed by atoms with van der Waals surface area (Å²) < 4.78 is 5.26. The molecule has 1 aromatic heterocycles. The predicted molar refractivity (Wildman–Crippen MR) is 67.8 cm³/mol. The minimum absolute atomic E-state index is 0.283. The first-order chi connectivity index (χ1) is 8.57. The maximum Gasteiger partial charge on any atom is 0.220 e. The van der Waals surface area contributed by atoms with E-state index in [0.29, 0.717) is 39.1 Å². The van der Waals surface area contributed by atoms with Gasteiger partial charge >= 0.3 is 0 Å². The zero-order chi connectivity index (χ0) is 13.0. The highest BCUT2D eigenvalue weighted by atomic mass is 16.5. The van der Waals surface area contributed by atoms with Crippen LogP contribution in [0.2, 0.25) is 0 Å². The van der Waals surface area contributed by atoms with Gasteiger partial charge in [-0.2, -0.15) is 0 Å². The van der Waals surface area contributed by atoms with Gasteiger partial charge < -0.3 is 15.6 Å². The van der Waals surface area contributed by atoms with Crippen molar-refractivity contribution in [3.8, 4) is 0 Å². The Morgan fingerprint density at radius 2 is 2.22 bits per heavy atom. The maximum absolute atomic E-state index is 10.4. The Labute approximate surface area is 107 Å². The van der Waals surface area contributed by atoms with Gasteiger partial charge in [0.1, 0.15) is 0 Å². The number of nitrogen functional groups attached to an aromatic ring is 1. The zero-order valence-corrected chi connectivity index (χ0v) is 10.7. The lowest BCUT2D eigenvalue weighted by Crippen LogP contribution is -2.45. The second-order valence-electron chi connectivity index (χ2n) is 4.92. The number of hydrogen-bond donors (Lipinski definition) is 2. The molecule has 100 valence electrons. The van der Waals surface area contributed by atoms with Crippen LogP contribution in [0.4, 0.5) is 5.95 Å². The van der Waals surface area contributed by atoms with E-state index in [0.717, 1.165) is 5.69 Å². The Hall–Kier alpha value is -1.24. The van der Waals surface area contributed by atoms with Crippen molar-refractivity contribution in [1.82, 2.24) is 14.9 Å². The van der Waals surface area contributed by atoms with Crippen LogP contribution in [0.25, 0.3) is 0 Å². The summed E-state index contributed by atoms with van der Waals surface area (Å²) in [7, 11) is 1.96. The van der Waals surface area contributed by atoms with Crippen molar-refractivity contribution in [2.75, 3.05) is 32.5 Å². The monoisotopic (exact) mass is 252 g/mol. The second-order valence-corrected chi connectivity index (χ2v) is 4.92. The Bertz CT molecular complexity index is 393. The molecule has 1 saturated heterocycles. The van der Waals surface area contributed by atoms with Gasteiger partial charge in [0, 0.05) is 45.3 Å². The van der Waals surface area contributed by atoms with Crippen molar-refractivity contribution in [3.05, 3.63) is 18.0 Å². The van der Waals surface area contributed by atoms with Gasteiger partial charge in [-0.15, -0.1) is 0 Å². The molecule has 1 aliphatic rings. The van der Waals surface area contributed by atoms with Gasteiger partial charge in [0.05, 0.1) is 11.3 Å². The Balaban J connectivity index is 1.90. The number of nitrogens with zero attached hydrogens (tertiary/aromatic N) is 3. The molecule has 2 heterocycles. The summed E-state index contributed by atoms with van der Waals surface area (Å²) >= 11 is 0. The van der Waals surface area contributed by atoms with E-state index < -0.39 is 5.60 Å². The van der Waals surface area contributed by atoms with Gasteiger partial charge in [0.25, 0.3) is 0 Å². The summed E-state index contributed by atoms with van der Waals surface area (Å²) in [6.45, 7) is 2.52. The third kappa shape index (κ3) is 3.63. The lowest BCUT2D eigenvalue weighted by Gasteiger charge is -2.35. The van der Waals surface area contributed by atoms with E-state index in [9.17, 15) is 5.11 Å². The molecule has 0 unspecified atom stereocenters. The van der Waals surface area contributed by atoms with Crippen LogP contribution >= 0.6 is 0 Å². The van der Waals surface area contributed by atoms with Crippen molar-refractivity contribution in [3.63, 3.8) is 0 Å². The molecule has 6 heteroatoms. The van der Waals surface area contributed by atoms with Gasteiger partial charge in [-0.05, 0) is 13.1 Å². The zero-order valence-electron chi connectivity index (χ0n) is 10.7. The minimum atomic E-state index is -0.647. The van der Waals surface area contributed by atoms with Gasteiger partial charge in [-0.3, -0.25) is 4.90 Å². The molecule has 0 aliphatic carbocycles. The molecule has 0 atom stereocenters. The topological polar surface area (TPSA) is 84.5 Å². The van der Waals surface area contributed by atoms with Crippen molar-refractivity contribution in [1.29, 1.82) is 0 Å². The van der Waals surface area contributed by atoms with E-state index in [1.807, 2.05) is 18.0 Å². The SMILES string of the molecule is CN(Cc1ccnc(N)n1)CC1(O)CCOCC1. The molecule has 0 bridgehead atoms. The second kappa shape index (κ2) is 5.60. The quantitative estimate of drug-likeness (QED) is 0.786. The maximum atomic E-state index is 10.4. The van der Waals surface area contributed by atoms with Gasteiger partial charge in [-0.25, -0.2) is 9.97 Å². The van der Waals surface area contributed by atoms with Crippen LogP contribution in [0.15, 0.2) is 12.3 Å². The van der Waals surface area contributed by atoms with E-state index >= 15 is 0 Å². The van der Waals surface area contributed by atoms with Crippen LogP contribution in [0.5, 0.6) is 0 Å². The van der Waals surface area contributed by atoms with Crippen molar-refractivity contribution in [2.24, 2.45) is 0 Å². The van der Waals surface area contributed by atoms with Gasteiger partial charge in [-0.1, -0.05) is 0 Å². The number of likely N-dealkylation sites (N-methyl/N-ethyl adjacent to an activating group) is 1. The first-order valence-corrected chi connectivity index (χ1v) is 6.13. The molecule has 0 saturated carbocycles. The van der Waals surface area contributed by atoms with Crippen LogP contribution in [-0.4, -0.2) is 52.4 Å². The van der Waals surface area contributed by atoms with Crippen LogP contribution in [0.3, 0.4) is 0 Å². The Kier molecular flexibility index (Phi) is 4.11. The highest BCUT2D eigenvalue weighted by Crippen LogP contribution is 2.21. The van der Waals surface area contributed by atoms with Gasteiger partial charge in [0.15, 0.2) is 0 Å². The molecule has 0 amide bonds. The molecule has 2 rings (SSSR count). The average molecular weight is 252 g/mol. The molecular weight excluding hydrogens is 232 g/mol. The van der Waals surface area contributed by atoms with Crippen LogP contribution < -0.4 is 5.73 Å². The number of hydrogen-bond acceptors (Lipinski definition) is 6. The van der Waals surface area contributed by atoms with E-state index in [1.165, 1.54) is 0 Å². The number of anilines is 1. The molecule has 1 aromatic rings. The molecule has 18 heavy (non-hydrogen) atoms. The number of aromatic nitrogens is 2. The Morgan fingerprint density at radius 3 is 2.89 bits per heavy atom. The lowest BCUT2D eigenvalue weighted by molar-refractivity contribution is -0.0778. The average Bonchev–Trinajstić information content (AvgIpc) is 2.28. The van der Waals surface area contributed by atoms with Gasteiger partial charge in [0.2, 0.25) is 5.95 Å². The molecule has 6 nitrogen and oxygen atoms in total. The summed E-state index contributed by atoms with van der Waals surface area (Å²) in [5.41, 5.74) is 5.75. The fourth-order valence-electron chi connectivity index (χ4n) is 2.25. The number of nitrogens with two attached hydrogens (primary N) is 1. The molecule has 0 spiro atoms. The third-order valence-corrected chi connectivity index (χ3v) is 3.15. The normalized spacial score (nSPS) is 19.1. The third-order valence-electron chi connectivity index (χ3n) is 3.15. The van der Waals surface area contributed by atoms with Crippen LogP contribution in [0.1, 0.15) is 18.5 Å². The predicted octanol–water partition coefficient (Wildman–Crippen LogP) is 0.0321. The molecule has 3 N–H and O–H groups in total. The van der Waals surface area contributed by atoms with E-state index in [1.54, 1.807) is 6.20 Å². The highest BCUT2D eigenvalue weighted by Gasteiger charge is 2.30. The number of ether oxygens (including phenoxy) is 1. The first-order valence-electron chi connectivity index (χ1n) is 6.13. The van der Waals surface area contributed by atoms with Crippen LogP contribution in [-0.2, 0) is 11.3 Å². The summed E-state index contributed by atoms with van der Waals surface area (Å²) in [4.78, 5) is 10.1. The molecule has 1 fully saturated rings. The van der Waals surface area contributed by atoms with E-state index in [-0.39, 0.29) is 5.95 Å². The smallest absolute Gasteiger partial charge is 0.220 e. The minimum Gasteiger partial charge on any atom is -0.388 e. The van der Waals surface area contributed by atoms with Crippen LogP contribution in [0, 0.1) is 0 Å². The van der Waals surface area contributed by atoms with Crippen molar-refractivity contribution in [2.45, 2.75) is 25.0 Å². The fourth-order valence-corrected chi connectivity index (χ4v) is 2.25. The first kappa shape index (κ1) is 13.2. The van der Waals surface area contributed by atoms with E-state index in [4.69, 9.17) is 10.5 Å². The van der Waals surface area contributed by atoms with E-state index in [2.05, 4.69) is 9.97 Å². The number of rotatable bonds is 4. The molecule has 0 radical (unpaired) electrons. The molecule has 1 aliphatic heterocycles. The Morgan fingerprint density at radius 1 is 1.50 bits per heavy atom. The molecule has 0 aromatic carbocycles. The van der Waals surface area contributed by atoms with Crippen molar-refractivity contribution >= 4 is 5.95 Å². The highest BCUT2D eigenvalue weighted by molar-refractivity contribution is 5.17.